The van der Waals surface area contributed by atoms with Crippen LogP contribution in [0.1, 0.15) is 44.7 Å². The third-order valence-electron chi connectivity index (χ3n) is 3.39. The molecule has 0 aliphatic heterocycles. The van der Waals surface area contributed by atoms with E-state index in [9.17, 15) is 12.8 Å². The SMILES string of the molecule is CCCNC(CCCS(=O)(=O)CC)c1cccc(Cl)c1F. The molecule has 0 saturated carbocycles. The zero-order chi connectivity index (χ0) is 15.9. The van der Waals surface area contributed by atoms with Gasteiger partial charge in [0, 0.05) is 17.4 Å². The Morgan fingerprint density at radius 3 is 2.67 bits per heavy atom. The summed E-state index contributed by atoms with van der Waals surface area (Å²) in [5, 5.41) is 3.36. The van der Waals surface area contributed by atoms with Gasteiger partial charge >= 0.3 is 0 Å². The number of rotatable bonds is 9. The van der Waals surface area contributed by atoms with Crippen LogP contribution in [0.25, 0.3) is 0 Å². The van der Waals surface area contributed by atoms with Crippen molar-refractivity contribution < 1.29 is 12.8 Å². The van der Waals surface area contributed by atoms with Gasteiger partial charge in [-0.2, -0.15) is 0 Å². The number of hydrogen-bond donors (Lipinski definition) is 1. The number of benzene rings is 1. The molecule has 0 bridgehead atoms. The van der Waals surface area contributed by atoms with Crippen LogP contribution < -0.4 is 5.32 Å². The van der Waals surface area contributed by atoms with Gasteiger partial charge in [-0.15, -0.1) is 0 Å². The molecule has 1 N–H and O–H groups in total. The van der Waals surface area contributed by atoms with Crippen LogP contribution in [0.4, 0.5) is 4.39 Å². The third kappa shape index (κ3) is 5.93. The average molecular weight is 336 g/mol. The molecule has 0 spiro atoms. The first-order chi connectivity index (χ1) is 9.91. The monoisotopic (exact) mass is 335 g/mol. The van der Waals surface area contributed by atoms with Gasteiger partial charge in [-0.1, -0.05) is 37.6 Å². The first kappa shape index (κ1) is 18.4. The minimum atomic E-state index is -2.98. The topological polar surface area (TPSA) is 46.2 Å². The van der Waals surface area contributed by atoms with E-state index in [1.54, 1.807) is 19.1 Å². The average Bonchev–Trinajstić information content (AvgIpc) is 2.46. The predicted molar refractivity (Wildman–Crippen MR) is 86.0 cm³/mol. The Kier molecular flexibility index (Phi) is 7.63. The van der Waals surface area contributed by atoms with Crippen molar-refractivity contribution in [3.05, 3.63) is 34.6 Å². The number of nitrogens with one attached hydrogen (secondary N) is 1. The van der Waals surface area contributed by atoms with E-state index in [1.165, 1.54) is 6.07 Å². The first-order valence-electron chi connectivity index (χ1n) is 7.29. The van der Waals surface area contributed by atoms with Gasteiger partial charge in [0.1, 0.15) is 15.7 Å². The van der Waals surface area contributed by atoms with Gasteiger partial charge in [0.15, 0.2) is 0 Å². The number of sulfone groups is 1. The normalized spacial score (nSPS) is 13.3. The van der Waals surface area contributed by atoms with Gasteiger partial charge in [0.05, 0.1) is 10.8 Å². The second kappa shape index (κ2) is 8.71. The van der Waals surface area contributed by atoms with Crippen LogP contribution in [-0.4, -0.2) is 26.5 Å². The molecule has 0 amide bonds. The van der Waals surface area contributed by atoms with Gasteiger partial charge in [0.2, 0.25) is 0 Å². The van der Waals surface area contributed by atoms with Crippen molar-refractivity contribution in [2.24, 2.45) is 0 Å². The smallest absolute Gasteiger partial charge is 0.150 e. The molecular weight excluding hydrogens is 313 g/mol. The van der Waals surface area contributed by atoms with E-state index in [0.717, 1.165) is 13.0 Å². The zero-order valence-electron chi connectivity index (χ0n) is 12.5. The lowest BCUT2D eigenvalue weighted by atomic mass is 10.0. The van der Waals surface area contributed by atoms with Gasteiger partial charge in [0.25, 0.3) is 0 Å². The fourth-order valence-corrected chi connectivity index (χ4v) is 3.20. The summed E-state index contributed by atoms with van der Waals surface area (Å²) in [6, 6.07) is 4.71. The van der Waals surface area contributed by atoms with E-state index in [1.807, 2.05) is 6.92 Å². The van der Waals surface area contributed by atoms with Crippen LogP contribution in [-0.2, 0) is 9.84 Å². The molecule has 21 heavy (non-hydrogen) atoms. The van der Waals surface area contributed by atoms with Crippen LogP contribution in [0.3, 0.4) is 0 Å². The van der Waals surface area contributed by atoms with Crippen molar-refractivity contribution in [1.82, 2.24) is 5.32 Å². The fourth-order valence-electron chi connectivity index (χ4n) is 2.13. The maximum absolute atomic E-state index is 14.1. The minimum Gasteiger partial charge on any atom is -0.310 e. The van der Waals surface area contributed by atoms with Crippen LogP contribution in [0, 0.1) is 5.82 Å². The van der Waals surface area contributed by atoms with Gasteiger partial charge in [-0.3, -0.25) is 0 Å². The maximum Gasteiger partial charge on any atom is 0.150 e. The molecule has 1 aromatic rings. The molecular formula is C15H23ClFNO2S. The molecule has 0 aliphatic rings. The van der Waals surface area contributed by atoms with Crippen molar-refractivity contribution in [2.75, 3.05) is 18.1 Å². The lowest BCUT2D eigenvalue weighted by Crippen LogP contribution is -2.24. The molecule has 1 atom stereocenters. The summed E-state index contributed by atoms with van der Waals surface area (Å²) in [7, 11) is -2.98. The quantitative estimate of drug-likeness (QED) is 0.747. The van der Waals surface area contributed by atoms with E-state index in [0.29, 0.717) is 18.4 Å². The highest BCUT2D eigenvalue weighted by molar-refractivity contribution is 7.91. The van der Waals surface area contributed by atoms with E-state index < -0.39 is 15.7 Å². The first-order valence-corrected chi connectivity index (χ1v) is 9.49. The zero-order valence-corrected chi connectivity index (χ0v) is 14.1. The van der Waals surface area contributed by atoms with Gasteiger partial charge in [-0.05, 0) is 31.9 Å². The summed E-state index contributed by atoms with van der Waals surface area (Å²) < 4.78 is 37.2. The molecule has 1 unspecified atom stereocenters. The highest BCUT2D eigenvalue weighted by Crippen LogP contribution is 2.26. The van der Waals surface area contributed by atoms with Crippen LogP contribution in [0.2, 0.25) is 5.02 Å². The molecule has 120 valence electrons. The van der Waals surface area contributed by atoms with Crippen molar-refractivity contribution in [2.45, 2.75) is 39.2 Å². The van der Waals surface area contributed by atoms with Crippen molar-refractivity contribution in [3.8, 4) is 0 Å². The van der Waals surface area contributed by atoms with Gasteiger partial charge in [-0.25, -0.2) is 12.8 Å². The van der Waals surface area contributed by atoms with E-state index >= 15 is 0 Å². The molecule has 3 nitrogen and oxygen atoms in total. The highest BCUT2D eigenvalue weighted by Gasteiger charge is 2.18. The van der Waals surface area contributed by atoms with Crippen molar-refractivity contribution in [1.29, 1.82) is 0 Å². The van der Waals surface area contributed by atoms with Gasteiger partial charge < -0.3 is 5.32 Å². The summed E-state index contributed by atoms with van der Waals surface area (Å²) in [6.45, 7) is 4.41. The second-order valence-electron chi connectivity index (χ2n) is 5.03. The molecule has 0 heterocycles. The molecule has 1 rings (SSSR count). The number of halogens is 2. The van der Waals surface area contributed by atoms with E-state index in [-0.39, 0.29) is 22.6 Å². The maximum atomic E-state index is 14.1. The Bertz CT molecular complexity index is 549. The molecule has 6 heteroatoms. The van der Waals surface area contributed by atoms with Crippen LogP contribution in [0.15, 0.2) is 18.2 Å². The summed E-state index contributed by atoms with van der Waals surface area (Å²) in [4.78, 5) is 0. The van der Waals surface area contributed by atoms with Crippen molar-refractivity contribution >= 4 is 21.4 Å². The van der Waals surface area contributed by atoms with E-state index in [4.69, 9.17) is 11.6 Å². The Balaban J connectivity index is 2.78. The summed E-state index contributed by atoms with van der Waals surface area (Å²) in [5.41, 5.74) is 0.504. The summed E-state index contributed by atoms with van der Waals surface area (Å²) in [6.07, 6.45) is 1.99. The predicted octanol–water partition coefficient (Wildman–Crippen LogP) is 3.73. The van der Waals surface area contributed by atoms with Crippen LogP contribution in [0.5, 0.6) is 0 Å². The molecule has 0 saturated heterocycles. The largest absolute Gasteiger partial charge is 0.310 e. The second-order valence-corrected chi connectivity index (χ2v) is 7.91. The fraction of sp³-hybridized carbons (Fsp3) is 0.600. The Morgan fingerprint density at radius 1 is 1.33 bits per heavy atom. The Labute approximate surface area is 131 Å². The highest BCUT2D eigenvalue weighted by atomic mass is 35.5. The summed E-state index contributed by atoms with van der Waals surface area (Å²) in [5.74, 6) is -0.146. The minimum absolute atomic E-state index is 0.0944. The molecule has 1 aromatic carbocycles. The lowest BCUT2D eigenvalue weighted by molar-refractivity contribution is 0.469. The van der Waals surface area contributed by atoms with Crippen LogP contribution >= 0.6 is 11.6 Å². The lowest BCUT2D eigenvalue weighted by Gasteiger charge is -2.20. The molecule has 0 radical (unpaired) electrons. The third-order valence-corrected chi connectivity index (χ3v) is 5.47. The van der Waals surface area contributed by atoms with E-state index in [2.05, 4.69) is 5.32 Å². The molecule has 0 aliphatic carbocycles. The van der Waals surface area contributed by atoms with Crippen molar-refractivity contribution in [3.63, 3.8) is 0 Å². The molecule has 0 fully saturated rings. The molecule has 0 aromatic heterocycles. The number of hydrogen-bond acceptors (Lipinski definition) is 3. The Hall–Kier alpha value is -0.650. The Morgan fingerprint density at radius 2 is 2.05 bits per heavy atom. The standard InChI is InChI=1S/C15H23ClFNO2S/c1-3-10-18-14(9-6-11-21(19,20)4-2)12-7-5-8-13(16)15(12)17/h5,7-8,14,18H,3-4,6,9-11H2,1-2H3. The summed E-state index contributed by atoms with van der Waals surface area (Å²) >= 11 is 5.82.